The van der Waals surface area contributed by atoms with E-state index < -0.39 is 0 Å². The van der Waals surface area contributed by atoms with Crippen molar-refractivity contribution in [1.29, 1.82) is 0 Å². The number of hydrazine groups is 1. The maximum Gasteiger partial charge on any atom is 0.0522 e. The third-order valence-electron chi connectivity index (χ3n) is 2.72. The number of nitrogens with two attached hydrogens (primary N) is 1. The molecule has 5 nitrogen and oxygen atoms in total. The van der Waals surface area contributed by atoms with Crippen molar-refractivity contribution in [1.82, 2.24) is 20.2 Å². The van der Waals surface area contributed by atoms with Crippen LogP contribution in [0.1, 0.15) is 22.9 Å². The van der Waals surface area contributed by atoms with Gasteiger partial charge in [-0.15, -0.1) is 0 Å². The molecule has 0 spiro atoms. The van der Waals surface area contributed by atoms with Gasteiger partial charge >= 0.3 is 0 Å². The molecular formula is C12H17N5. The van der Waals surface area contributed by atoms with Crippen LogP contribution in [-0.2, 0) is 13.5 Å². The van der Waals surface area contributed by atoms with Gasteiger partial charge in [0.05, 0.1) is 12.2 Å². The summed E-state index contributed by atoms with van der Waals surface area (Å²) in [7, 11) is 1.91. The van der Waals surface area contributed by atoms with Gasteiger partial charge in [-0.25, -0.2) is 0 Å². The molecule has 0 aromatic carbocycles. The molecule has 2 aromatic rings. The minimum Gasteiger partial charge on any atom is -0.276 e. The van der Waals surface area contributed by atoms with Gasteiger partial charge < -0.3 is 0 Å². The predicted molar refractivity (Wildman–Crippen MR) is 66.0 cm³/mol. The zero-order valence-corrected chi connectivity index (χ0v) is 10.1. The van der Waals surface area contributed by atoms with E-state index >= 15 is 0 Å². The number of hydrogen-bond donors (Lipinski definition) is 2. The fraction of sp³-hybridized carbons (Fsp3) is 0.333. The Hall–Kier alpha value is -1.72. The Morgan fingerprint density at radius 3 is 2.94 bits per heavy atom. The highest BCUT2D eigenvalue weighted by atomic mass is 15.2. The first kappa shape index (κ1) is 11.8. The molecule has 2 heterocycles. The molecule has 1 atom stereocenters. The van der Waals surface area contributed by atoms with E-state index in [1.165, 1.54) is 0 Å². The van der Waals surface area contributed by atoms with E-state index in [2.05, 4.69) is 15.5 Å². The molecule has 0 saturated carbocycles. The topological polar surface area (TPSA) is 68.8 Å². The average Bonchev–Trinajstić information content (AvgIpc) is 2.72. The molecule has 0 radical (unpaired) electrons. The lowest BCUT2D eigenvalue weighted by Crippen LogP contribution is -2.29. The van der Waals surface area contributed by atoms with Crippen LogP contribution in [0.3, 0.4) is 0 Å². The van der Waals surface area contributed by atoms with Crippen molar-refractivity contribution in [3.63, 3.8) is 0 Å². The highest BCUT2D eigenvalue weighted by molar-refractivity contribution is 5.22. The van der Waals surface area contributed by atoms with Crippen LogP contribution in [0.15, 0.2) is 30.7 Å². The van der Waals surface area contributed by atoms with Crippen molar-refractivity contribution in [2.24, 2.45) is 12.9 Å². The number of rotatable bonds is 4. The van der Waals surface area contributed by atoms with Gasteiger partial charge in [-0.2, -0.15) is 5.10 Å². The van der Waals surface area contributed by atoms with Crippen LogP contribution >= 0.6 is 0 Å². The molecule has 17 heavy (non-hydrogen) atoms. The third-order valence-corrected chi connectivity index (χ3v) is 2.72. The molecule has 0 saturated heterocycles. The van der Waals surface area contributed by atoms with Crippen LogP contribution in [0.5, 0.6) is 0 Å². The van der Waals surface area contributed by atoms with Crippen molar-refractivity contribution in [2.75, 3.05) is 0 Å². The maximum atomic E-state index is 5.61. The molecule has 0 bridgehead atoms. The predicted octanol–water partition coefficient (Wildman–Crippen LogP) is 0.871. The summed E-state index contributed by atoms with van der Waals surface area (Å²) in [5.41, 5.74) is 6.13. The second kappa shape index (κ2) is 5.07. The lowest BCUT2D eigenvalue weighted by Gasteiger charge is -2.15. The monoisotopic (exact) mass is 231 g/mol. The molecule has 5 heteroatoms. The van der Waals surface area contributed by atoms with Crippen LogP contribution in [0.2, 0.25) is 0 Å². The van der Waals surface area contributed by atoms with Gasteiger partial charge in [-0.1, -0.05) is 0 Å². The van der Waals surface area contributed by atoms with Crippen molar-refractivity contribution in [3.8, 4) is 0 Å². The van der Waals surface area contributed by atoms with E-state index in [1.54, 1.807) is 10.9 Å². The summed E-state index contributed by atoms with van der Waals surface area (Å²) in [6.45, 7) is 1.97. The molecule has 2 aromatic heterocycles. The van der Waals surface area contributed by atoms with Crippen LogP contribution in [0, 0.1) is 6.92 Å². The fourth-order valence-corrected chi connectivity index (χ4v) is 1.87. The fourth-order valence-electron chi connectivity index (χ4n) is 1.87. The summed E-state index contributed by atoms with van der Waals surface area (Å²) in [4.78, 5) is 4.18. The van der Waals surface area contributed by atoms with E-state index in [1.807, 2.05) is 38.5 Å². The van der Waals surface area contributed by atoms with Crippen molar-refractivity contribution >= 4 is 0 Å². The second-order valence-electron chi connectivity index (χ2n) is 4.18. The number of aromatic nitrogens is 3. The first-order valence-corrected chi connectivity index (χ1v) is 5.55. The quantitative estimate of drug-likeness (QED) is 0.605. The summed E-state index contributed by atoms with van der Waals surface area (Å²) in [5, 5.41) is 4.15. The summed E-state index contributed by atoms with van der Waals surface area (Å²) < 4.78 is 1.79. The Kier molecular flexibility index (Phi) is 3.51. The molecular weight excluding hydrogens is 214 g/mol. The molecule has 90 valence electrons. The number of pyridine rings is 1. The molecule has 1 unspecified atom stereocenters. The number of hydrogen-bond acceptors (Lipinski definition) is 4. The van der Waals surface area contributed by atoms with Crippen LogP contribution < -0.4 is 11.3 Å². The molecule has 0 fully saturated rings. The van der Waals surface area contributed by atoms with Gasteiger partial charge in [0.25, 0.3) is 0 Å². The minimum absolute atomic E-state index is 0.0842. The molecule has 0 aliphatic heterocycles. The lowest BCUT2D eigenvalue weighted by molar-refractivity contribution is 0.550. The van der Waals surface area contributed by atoms with Crippen molar-refractivity contribution < 1.29 is 0 Å². The smallest absolute Gasteiger partial charge is 0.0522 e. The first-order chi connectivity index (χ1) is 8.19. The van der Waals surface area contributed by atoms with Crippen LogP contribution in [-0.4, -0.2) is 14.8 Å². The Balaban J connectivity index is 2.16. The Bertz CT molecular complexity index is 491. The Morgan fingerprint density at radius 1 is 1.53 bits per heavy atom. The maximum absolute atomic E-state index is 5.61. The average molecular weight is 231 g/mol. The number of aryl methyl sites for hydroxylation is 2. The van der Waals surface area contributed by atoms with Crippen LogP contribution in [0.25, 0.3) is 0 Å². The van der Waals surface area contributed by atoms with E-state index in [9.17, 15) is 0 Å². The zero-order valence-electron chi connectivity index (χ0n) is 10.1. The molecule has 0 aliphatic carbocycles. The van der Waals surface area contributed by atoms with Crippen molar-refractivity contribution in [2.45, 2.75) is 19.4 Å². The Labute approximate surface area is 101 Å². The highest BCUT2D eigenvalue weighted by Crippen LogP contribution is 2.17. The van der Waals surface area contributed by atoms with Gasteiger partial charge in [0.2, 0.25) is 0 Å². The zero-order chi connectivity index (χ0) is 12.3. The van der Waals surface area contributed by atoms with Crippen LogP contribution in [0.4, 0.5) is 0 Å². The van der Waals surface area contributed by atoms with E-state index in [-0.39, 0.29) is 6.04 Å². The first-order valence-electron chi connectivity index (χ1n) is 5.55. The summed E-state index contributed by atoms with van der Waals surface area (Å²) in [6, 6.07) is 4.11. The highest BCUT2D eigenvalue weighted by Gasteiger charge is 2.11. The van der Waals surface area contributed by atoms with Crippen molar-refractivity contribution in [3.05, 3.63) is 47.5 Å². The summed E-state index contributed by atoms with van der Waals surface area (Å²) >= 11 is 0. The SMILES string of the molecule is Cc1cc(C(Cc2cnn(C)c2)NN)ccn1. The molecule has 2 rings (SSSR count). The van der Waals surface area contributed by atoms with Gasteiger partial charge in [0.1, 0.15) is 0 Å². The minimum atomic E-state index is 0.0842. The molecule has 0 amide bonds. The van der Waals surface area contributed by atoms with Gasteiger partial charge in [0, 0.05) is 25.1 Å². The summed E-state index contributed by atoms with van der Waals surface area (Å²) in [6.07, 6.45) is 6.48. The van der Waals surface area contributed by atoms with Gasteiger partial charge in [0.15, 0.2) is 0 Å². The Morgan fingerprint density at radius 2 is 2.35 bits per heavy atom. The van der Waals surface area contributed by atoms with E-state index in [4.69, 9.17) is 5.84 Å². The van der Waals surface area contributed by atoms with E-state index in [0.29, 0.717) is 0 Å². The lowest BCUT2D eigenvalue weighted by atomic mass is 10.0. The molecule has 0 aliphatic rings. The van der Waals surface area contributed by atoms with Gasteiger partial charge in [-0.05, 0) is 36.6 Å². The second-order valence-corrected chi connectivity index (χ2v) is 4.18. The number of nitrogens with one attached hydrogen (secondary N) is 1. The standard InChI is InChI=1S/C12H17N5/c1-9-5-11(3-4-14-9)12(16-13)6-10-7-15-17(2)8-10/h3-5,7-8,12,16H,6,13H2,1-2H3. The normalized spacial score (nSPS) is 12.6. The number of nitrogens with zero attached hydrogens (tertiary/aromatic N) is 3. The van der Waals surface area contributed by atoms with Gasteiger partial charge in [-0.3, -0.25) is 20.9 Å². The summed E-state index contributed by atoms with van der Waals surface area (Å²) in [5.74, 6) is 5.61. The largest absolute Gasteiger partial charge is 0.276 e. The third kappa shape index (κ3) is 2.89. The molecule has 3 N–H and O–H groups in total. The van der Waals surface area contributed by atoms with E-state index in [0.717, 1.165) is 23.2 Å².